The standard InChI is InChI=1S/C46H76/c1-2-14-31(15-3-1)32-26-28-33(29-27-32)35-17-6-9-21-39(35)45-40-22-10-12-24-42(40)46(43-25-13-11-23-41(43)45)44-30-34-16-4-5-18-36(34)37-19-7-8-20-38(37)44/h31-46H,1-30H2. The van der Waals surface area contributed by atoms with E-state index in [1.54, 1.807) is 186 Å². The van der Waals surface area contributed by atoms with Crippen molar-refractivity contribution in [3.05, 3.63) is 0 Å². The average Bonchev–Trinajstić information content (AvgIpc) is 3.14. The summed E-state index contributed by atoms with van der Waals surface area (Å²) in [6.45, 7) is 0. The summed E-state index contributed by atoms with van der Waals surface area (Å²) in [5.74, 6) is 18.1. The third kappa shape index (κ3) is 5.94. The van der Waals surface area contributed by atoms with Crippen LogP contribution in [0.5, 0.6) is 0 Å². The van der Waals surface area contributed by atoms with E-state index < -0.39 is 0 Å². The molecule has 0 N–H and O–H groups in total. The summed E-state index contributed by atoms with van der Waals surface area (Å²) in [7, 11) is 0. The van der Waals surface area contributed by atoms with Gasteiger partial charge in [0.15, 0.2) is 0 Å². The van der Waals surface area contributed by atoms with E-state index in [9.17, 15) is 0 Å². The number of hydrogen-bond acceptors (Lipinski definition) is 0. The van der Waals surface area contributed by atoms with E-state index >= 15 is 0 Å². The third-order valence-electron chi connectivity index (χ3n) is 18.8. The molecular formula is C46H76. The van der Waals surface area contributed by atoms with Crippen molar-refractivity contribution in [2.45, 2.75) is 193 Å². The van der Waals surface area contributed by atoms with Gasteiger partial charge in [0.05, 0.1) is 0 Å². The summed E-state index contributed by atoms with van der Waals surface area (Å²) in [5.41, 5.74) is 0. The van der Waals surface area contributed by atoms with Crippen molar-refractivity contribution >= 4 is 0 Å². The average molecular weight is 629 g/mol. The first-order valence-electron chi connectivity index (χ1n) is 22.8. The summed E-state index contributed by atoms with van der Waals surface area (Å²) in [5, 5.41) is 0. The molecule has 0 radical (unpaired) electrons. The molecule has 0 heteroatoms. The number of rotatable bonds is 4. The fourth-order valence-corrected chi connectivity index (χ4v) is 17.4. The minimum Gasteiger partial charge on any atom is -0.0533 e. The lowest BCUT2D eigenvalue weighted by atomic mass is 9.41. The monoisotopic (exact) mass is 629 g/mol. The van der Waals surface area contributed by atoms with Crippen molar-refractivity contribution in [1.82, 2.24) is 0 Å². The molecule has 260 valence electrons. The third-order valence-corrected chi connectivity index (χ3v) is 18.8. The molecule has 9 rings (SSSR count). The zero-order valence-electron chi connectivity index (χ0n) is 30.5. The van der Waals surface area contributed by atoms with Crippen molar-refractivity contribution in [3.63, 3.8) is 0 Å². The molecule has 0 aromatic rings. The van der Waals surface area contributed by atoms with Gasteiger partial charge in [-0.25, -0.2) is 0 Å². The van der Waals surface area contributed by atoms with Gasteiger partial charge in [0.1, 0.15) is 0 Å². The lowest BCUT2D eigenvalue weighted by Gasteiger charge is -2.64. The summed E-state index contributed by atoms with van der Waals surface area (Å²) in [6, 6.07) is 0. The molecule has 9 aliphatic rings. The van der Waals surface area contributed by atoms with Crippen molar-refractivity contribution in [2.24, 2.45) is 94.7 Å². The second-order valence-electron chi connectivity index (χ2n) is 20.3. The van der Waals surface area contributed by atoms with E-state index in [1.807, 2.05) is 0 Å². The highest BCUT2D eigenvalue weighted by Crippen LogP contribution is 2.66. The van der Waals surface area contributed by atoms with E-state index in [2.05, 4.69) is 0 Å². The molecule has 11 atom stereocenters. The Morgan fingerprint density at radius 2 is 0.478 bits per heavy atom. The number of hydrogen-bond donors (Lipinski definition) is 0. The van der Waals surface area contributed by atoms with Gasteiger partial charge in [0.25, 0.3) is 0 Å². The van der Waals surface area contributed by atoms with Gasteiger partial charge >= 0.3 is 0 Å². The van der Waals surface area contributed by atoms with Crippen LogP contribution in [0.4, 0.5) is 0 Å². The van der Waals surface area contributed by atoms with Crippen LogP contribution in [-0.2, 0) is 0 Å². The predicted molar refractivity (Wildman–Crippen MR) is 194 cm³/mol. The first-order chi connectivity index (χ1) is 22.8. The summed E-state index contributed by atoms with van der Waals surface area (Å²) in [4.78, 5) is 0. The van der Waals surface area contributed by atoms with Crippen LogP contribution in [0.2, 0.25) is 0 Å². The van der Waals surface area contributed by atoms with Crippen LogP contribution in [0.15, 0.2) is 0 Å². The van der Waals surface area contributed by atoms with Crippen molar-refractivity contribution in [2.75, 3.05) is 0 Å². The van der Waals surface area contributed by atoms with E-state index in [4.69, 9.17) is 0 Å². The molecule has 0 nitrogen and oxygen atoms in total. The quantitative estimate of drug-likeness (QED) is 0.290. The molecule has 0 amide bonds. The zero-order valence-corrected chi connectivity index (χ0v) is 30.5. The lowest BCUT2D eigenvalue weighted by molar-refractivity contribution is -0.151. The van der Waals surface area contributed by atoms with Crippen LogP contribution in [0.1, 0.15) is 193 Å². The molecule has 0 aliphatic heterocycles. The fraction of sp³-hybridized carbons (Fsp3) is 1.00. The van der Waals surface area contributed by atoms with Crippen LogP contribution in [0, 0.1) is 94.7 Å². The summed E-state index contributed by atoms with van der Waals surface area (Å²) >= 11 is 0. The topological polar surface area (TPSA) is 0 Å². The Morgan fingerprint density at radius 3 is 1.02 bits per heavy atom. The molecule has 0 bridgehead atoms. The lowest BCUT2D eigenvalue weighted by Crippen LogP contribution is -2.57. The highest BCUT2D eigenvalue weighted by atomic mass is 14.6. The molecule has 0 spiro atoms. The Hall–Kier alpha value is 0. The van der Waals surface area contributed by atoms with Gasteiger partial charge in [-0.1, -0.05) is 103 Å². The van der Waals surface area contributed by atoms with E-state index in [-0.39, 0.29) is 0 Å². The van der Waals surface area contributed by atoms with Crippen LogP contribution in [0.3, 0.4) is 0 Å². The first-order valence-corrected chi connectivity index (χ1v) is 22.8. The SMILES string of the molecule is C1CCC(C2CCC(C3CCCCC3C3C4CCCCC4C(C4CC5CCCCC5C5CCCCC54)C4CCCCC43)CC2)CC1. The summed E-state index contributed by atoms with van der Waals surface area (Å²) in [6.07, 6.45) is 48.2. The Kier molecular flexibility index (Phi) is 9.94. The molecule has 9 fully saturated rings. The predicted octanol–water partition coefficient (Wildman–Crippen LogP) is 13.7. The highest BCUT2D eigenvalue weighted by molar-refractivity contribution is 5.08. The maximum Gasteiger partial charge on any atom is -0.0321 e. The largest absolute Gasteiger partial charge is 0.0533 e. The van der Waals surface area contributed by atoms with Gasteiger partial charge in [-0.05, 0) is 185 Å². The van der Waals surface area contributed by atoms with Crippen LogP contribution in [0.25, 0.3) is 0 Å². The normalized spacial score (nSPS) is 52.0. The van der Waals surface area contributed by atoms with Crippen LogP contribution in [-0.4, -0.2) is 0 Å². The van der Waals surface area contributed by atoms with Crippen LogP contribution < -0.4 is 0 Å². The molecule has 9 saturated carbocycles. The second-order valence-corrected chi connectivity index (χ2v) is 20.3. The van der Waals surface area contributed by atoms with E-state index in [0.29, 0.717) is 0 Å². The number of fused-ring (bicyclic) bond motifs is 5. The minimum atomic E-state index is 1.11. The summed E-state index contributed by atoms with van der Waals surface area (Å²) < 4.78 is 0. The van der Waals surface area contributed by atoms with Gasteiger partial charge in [-0.15, -0.1) is 0 Å². The molecule has 0 aromatic carbocycles. The van der Waals surface area contributed by atoms with Gasteiger partial charge in [0, 0.05) is 0 Å². The Morgan fingerprint density at radius 1 is 0.174 bits per heavy atom. The zero-order chi connectivity index (χ0) is 30.5. The smallest absolute Gasteiger partial charge is 0.0321 e. The van der Waals surface area contributed by atoms with Crippen molar-refractivity contribution < 1.29 is 0 Å². The van der Waals surface area contributed by atoms with E-state index in [0.717, 1.165) is 94.7 Å². The fourth-order valence-electron chi connectivity index (χ4n) is 17.4. The van der Waals surface area contributed by atoms with Gasteiger partial charge < -0.3 is 0 Å². The molecular weight excluding hydrogens is 553 g/mol. The van der Waals surface area contributed by atoms with Gasteiger partial charge in [-0.3, -0.25) is 0 Å². The Labute approximate surface area is 286 Å². The minimum absolute atomic E-state index is 1.11. The first kappa shape index (κ1) is 31.9. The molecule has 0 saturated heterocycles. The Balaban J connectivity index is 0.989. The van der Waals surface area contributed by atoms with Crippen molar-refractivity contribution in [3.8, 4) is 0 Å². The molecule has 0 aromatic heterocycles. The highest BCUT2D eigenvalue weighted by Gasteiger charge is 2.59. The van der Waals surface area contributed by atoms with Gasteiger partial charge in [0.2, 0.25) is 0 Å². The second kappa shape index (κ2) is 14.3. The molecule has 9 aliphatic carbocycles. The Bertz CT molecular complexity index is 943. The molecule has 46 heavy (non-hydrogen) atoms. The maximum absolute atomic E-state index is 1.70. The maximum atomic E-state index is 1.70. The van der Waals surface area contributed by atoms with Crippen molar-refractivity contribution in [1.29, 1.82) is 0 Å². The van der Waals surface area contributed by atoms with E-state index in [1.165, 1.54) is 6.42 Å². The molecule has 11 unspecified atom stereocenters. The van der Waals surface area contributed by atoms with Crippen LogP contribution >= 0.6 is 0 Å². The van der Waals surface area contributed by atoms with Gasteiger partial charge in [-0.2, -0.15) is 0 Å². The molecule has 0 heterocycles.